The Labute approximate surface area is 163 Å². The number of hydrogen-bond donors (Lipinski definition) is 1. The monoisotopic (exact) mass is 400 g/mol. The number of methoxy groups -OCH3 is 1. The fourth-order valence-corrected chi connectivity index (χ4v) is 3.11. The third-order valence-corrected chi connectivity index (χ3v) is 4.58. The predicted molar refractivity (Wildman–Crippen MR) is 101 cm³/mol. The van der Waals surface area contributed by atoms with E-state index in [1.54, 1.807) is 18.2 Å². The molecule has 2 aromatic heterocycles. The van der Waals surface area contributed by atoms with Gasteiger partial charge < -0.3 is 14.5 Å². The van der Waals surface area contributed by atoms with E-state index in [1.807, 2.05) is 0 Å². The summed E-state index contributed by atoms with van der Waals surface area (Å²) in [6.07, 6.45) is -1.48. The Morgan fingerprint density at radius 1 is 1.17 bits per heavy atom. The van der Waals surface area contributed by atoms with E-state index in [0.717, 1.165) is 0 Å². The third kappa shape index (κ3) is 3.49. The van der Waals surface area contributed by atoms with Crippen molar-refractivity contribution in [3.8, 4) is 5.75 Å². The molecule has 0 aliphatic carbocycles. The molecule has 0 fully saturated rings. The van der Waals surface area contributed by atoms with Crippen molar-refractivity contribution in [1.82, 2.24) is 10.3 Å². The first-order valence-corrected chi connectivity index (χ1v) is 8.68. The van der Waals surface area contributed by atoms with Crippen molar-refractivity contribution in [3.63, 3.8) is 0 Å². The molecule has 0 atom stereocenters. The molecule has 0 saturated heterocycles. The average molecular weight is 400 g/mol. The minimum Gasteiger partial charge on any atom is -0.497 e. The molecule has 1 amide bonds. The first-order valence-electron chi connectivity index (χ1n) is 8.68. The molecule has 0 saturated carbocycles. The maximum absolute atomic E-state index is 13.9. The molecule has 0 aliphatic rings. The molecule has 0 radical (unpaired) electrons. The number of benzene rings is 2. The number of aromatic nitrogens is 1. The number of carbonyl (C=O) groups is 1. The van der Waals surface area contributed by atoms with Gasteiger partial charge in [-0.25, -0.2) is 13.2 Å². The number of rotatable bonds is 5. The average Bonchev–Trinajstić information content (AvgIpc) is 3.10. The number of nitrogens with zero attached hydrogens (tertiary/aromatic N) is 1. The number of carbonyl (C=O) groups excluding carboxylic acids is 1. The molecule has 4 aromatic rings. The molecule has 0 bridgehead atoms. The van der Waals surface area contributed by atoms with Gasteiger partial charge in [0.05, 0.1) is 7.11 Å². The normalized spacial score (nSPS) is 11.3. The van der Waals surface area contributed by atoms with E-state index in [-0.39, 0.29) is 28.8 Å². The number of halogens is 3. The van der Waals surface area contributed by atoms with E-state index in [1.165, 1.54) is 37.6 Å². The molecule has 0 unspecified atom stereocenters. The maximum atomic E-state index is 13.9. The number of alkyl halides is 2. The second-order valence-corrected chi connectivity index (χ2v) is 6.33. The lowest BCUT2D eigenvalue weighted by Gasteiger charge is -2.08. The van der Waals surface area contributed by atoms with Crippen LogP contribution in [0.15, 0.2) is 53.1 Å². The largest absolute Gasteiger partial charge is 0.497 e. The van der Waals surface area contributed by atoms with E-state index >= 15 is 0 Å². The van der Waals surface area contributed by atoms with Crippen molar-refractivity contribution < 1.29 is 27.1 Å². The van der Waals surface area contributed by atoms with Gasteiger partial charge in [0.1, 0.15) is 22.8 Å². The SMILES string of the molecule is COc1ccc(F)c(CNC(=O)c2ccc3c(c2)oc2c(C(F)F)nccc23)c1. The summed E-state index contributed by atoms with van der Waals surface area (Å²) in [4.78, 5) is 16.2. The highest BCUT2D eigenvalue weighted by molar-refractivity contribution is 6.07. The van der Waals surface area contributed by atoms with Gasteiger partial charge in [0.2, 0.25) is 0 Å². The lowest BCUT2D eigenvalue weighted by Crippen LogP contribution is -2.23. The van der Waals surface area contributed by atoms with Crippen LogP contribution in [0.25, 0.3) is 21.9 Å². The van der Waals surface area contributed by atoms with Crippen molar-refractivity contribution in [3.05, 3.63) is 71.3 Å². The van der Waals surface area contributed by atoms with Crippen LogP contribution in [-0.4, -0.2) is 18.0 Å². The molecule has 1 N–H and O–H groups in total. The minimum absolute atomic E-state index is 0.00601. The van der Waals surface area contributed by atoms with Crippen LogP contribution in [0.3, 0.4) is 0 Å². The molecule has 2 aromatic carbocycles. The molecular weight excluding hydrogens is 385 g/mol. The summed E-state index contributed by atoms with van der Waals surface area (Å²) in [5.41, 5.74) is 0.364. The second-order valence-electron chi connectivity index (χ2n) is 6.33. The molecular formula is C21H15F3N2O3. The van der Waals surface area contributed by atoms with Gasteiger partial charge in [0.15, 0.2) is 5.58 Å². The summed E-state index contributed by atoms with van der Waals surface area (Å²) in [5, 5.41) is 3.72. The second kappa shape index (κ2) is 7.46. The summed E-state index contributed by atoms with van der Waals surface area (Å²) in [6.45, 7) is -0.0422. The third-order valence-electron chi connectivity index (χ3n) is 4.58. The Kier molecular flexibility index (Phi) is 4.84. The molecule has 0 aliphatic heterocycles. The quantitative estimate of drug-likeness (QED) is 0.512. The number of furan rings is 1. The van der Waals surface area contributed by atoms with E-state index < -0.39 is 23.8 Å². The molecule has 29 heavy (non-hydrogen) atoms. The smallest absolute Gasteiger partial charge is 0.284 e. The first-order chi connectivity index (χ1) is 14.0. The standard InChI is InChI=1S/C21H15F3N2O3/c1-28-13-3-5-16(22)12(8-13)10-26-21(27)11-2-4-14-15-6-7-25-18(20(23)24)19(15)29-17(14)9-11/h2-9,20H,10H2,1H3,(H,26,27). The Bertz CT molecular complexity index is 1220. The van der Waals surface area contributed by atoms with E-state index in [9.17, 15) is 18.0 Å². The van der Waals surface area contributed by atoms with Crippen molar-refractivity contribution in [2.24, 2.45) is 0 Å². The predicted octanol–water partition coefficient (Wildman–Crippen LogP) is 5.00. The molecule has 8 heteroatoms. The summed E-state index contributed by atoms with van der Waals surface area (Å²) in [6, 6.07) is 10.5. The Morgan fingerprint density at radius 2 is 2.00 bits per heavy atom. The zero-order valence-electron chi connectivity index (χ0n) is 15.2. The summed E-state index contributed by atoms with van der Waals surface area (Å²) >= 11 is 0. The van der Waals surface area contributed by atoms with E-state index in [0.29, 0.717) is 16.5 Å². The molecule has 4 rings (SSSR count). The zero-order chi connectivity index (χ0) is 20.5. The van der Waals surface area contributed by atoms with E-state index in [4.69, 9.17) is 9.15 Å². The molecule has 0 spiro atoms. The van der Waals surface area contributed by atoms with Crippen LogP contribution in [0.5, 0.6) is 5.75 Å². The van der Waals surface area contributed by atoms with Crippen LogP contribution >= 0.6 is 0 Å². The highest BCUT2D eigenvalue weighted by Crippen LogP contribution is 2.34. The highest BCUT2D eigenvalue weighted by Gasteiger charge is 2.19. The van der Waals surface area contributed by atoms with Crippen LogP contribution in [0, 0.1) is 5.82 Å². The number of ether oxygens (including phenoxy) is 1. The van der Waals surface area contributed by atoms with E-state index in [2.05, 4.69) is 10.3 Å². The summed E-state index contributed by atoms with van der Waals surface area (Å²) < 4.78 is 50.8. The summed E-state index contributed by atoms with van der Waals surface area (Å²) in [5.74, 6) is -0.449. The van der Waals surface area contributed by atoms with Crippen molar-refractivity contribution in [2.75, 3.05) is 7.11 Å². The zero-order valence-corrected chi connectivity index (χ0v) is 15.2. The van der Waals surface area contributed by atoms with Gasteiger partial charge in [-0.15, -0.1) is 0 Å². The molecule has 2 heterocycles. The van der Waals surface area contributed by atoms with Gasteiger partial charge in [-0.05, 0) is 42.5 Å². The lowest BCUT2D eigenvalue weighted by atomic mass is 10.1. The minimum atomic E-state index is -2.78. The van der Waals surface area contributed by atoms with Gasteiger partial charge in [-0.3, -0.25) is 9.78 Å². The molecule has 148 valence electrons. The number of fused-ring (bicyclic) bond motifs is 3. The fourth-order valence-electron chi connectivity index (χ4n) is 3.11. The number of amides is 1. The van der Waals surface area contributed by atoms with Gasteiger partial charge in [-0.1, -0.05) is 0 Å². The Morgan fingerprint density at radius 3 is 2.76 bits per heavy atom. The van der Waals surface area contributed by atoms with Crippen molar-refractivity contribution in [1.29, 1.82) is 0 Å². The van der Waals surface area contributed by atoms with Crippen LogP contribution < -0.4 is 10.1 Å². The van der Waals surface area contributed by atoms with Gasteiger partial charge >= 0.3 is 0 Å². The van der Waals surface area contributed by atoms with Gasteiger partial charge in [-0.2, -0.15) is 0 Å². The fraction of sp³-hybridized carbons (Fsp3) is 0.143. The maximum Gasteiger partial charge on any atom is 0.284 e. The van der Waals surface area contributed by atoms with Gasteiger partial charge in [0.25, 0.3) is 12.3 Å². The van der Waals surface area contributed by atoms with Crippen LogP contribution in [0.1, 0.15) is 28.0 Å². The number of hydrogen-bond acceptors (Lipinski definition) is 4. The van der Waals surface area contributed by atoms with Crippen LogP contribution in [0.2, 0.25) is 0 Å². The summed E-state index contributed by atoms with van der Waals surface area (Å²) in [7, 11) is 1.47. The topological polar surface area (TPSA) is 64.4 Å². The van der Waals surface area contributed by atoms with Crippen LogP contribution in [-0.2, 0) is 6.54 Å². The molecule has 5 nitrogen and oxygen atoms in total. The lowest BCUT2D eigenvalue weighted by molar-refractivity contribution is 0.0950. The Hall–Kier alpha value is -3.55. The van der Waals surface area contributed by atoms with Crippen molar-refractivity contribution >= 4 is 27.8 Å². The number of pyridine rings is 1. The highest BCUT2D eigenvalue weighted by atomic mass is 19.3. The first kappa shape index (κ1) is 18.8. The van der Waals surface area contributed by atoms with Crippen molar-refractivity contribution in [2.45, 2.75) is 13.0 Å². The van der Waals surface area contributed by atoms with Crippen LogP contribution in [0.4, 0.5) is 13.2 Å². The Balaban J connectivity index is 1.61. The number of nitrogens with one attached hydrogen (secondary N) is 1. The van der Waals surface area contributed by atoms with Gasteiger partial charge in [0, 0.05) is 34.6 Å².